The summed E-state index contributed by atoms with van der Waals surface area (Å²) in [6.45, 7) is 0. The molecular weight excluding hydrogens is 232 g/mol. The number of hydrogen-bond acceptors (Lipinski definition) is 3. The molecule has 0 spiro atoms. The Morgan fingerprint density at radius 2 is 1.94 bits per heavy atom. The van der Waals surface area contributed by atoms with Crippen molar-refractivity contribution in [2.45, 2.75) is 62.9 Å². The van der Waals surface area contributed by atoms with E-state index in [9.17, 15) is 9.59 Å². The lowest BCUT2D eigenvalue weighted by molar-refractivity contribution is -0.141. The molecule has 18 heavy (non-hydrogen) atoms. The predicted octanol–water partition coefficient (Wildman–Crippen LogP) is 1.02. The van der Waals surface area contributed by atoms with Gasteiger partial charge in [-0.15, -0.1) is 0 Å². The zero-order chi connectivity index (χ0) is 13.2. The molecule has 2 fully saturated rings. The monoisotopic (exact) mass is 254 g/mol. The van der Waals surface area contributed by atoms with Gasteiger partial charge in [-0.1, -0.05) is 12.8 Å². The summed E-state index contributed by atoms with van der Waals surface area (Å²) < 4.78 is 0. The zero-order valence-corrected chi connectivity index (χ0v) is 10.7. The molecule has 0 aromatic carbocycles. The largest absolute Gasteiger partial charge is 0.481 e. The Bertz CT molecular complexity index is 337. The van der Waals surface area contributed by atoms with Crippen molar-refractivity contribution in [1.82, 2.24) is 5.32 Å². The summed E-state index contributed by atoms with van der Waals surface area (Å²) in [5.41, 5.74) is 5.83. The molecule has 2 atom stereocenters. The molecule has 1 amide bonds. The molecule has 0 aromatic rings. The molecule has 5 heteroatoms. The van der Waals surface area contributed by atoms with Gasteiger partial charge >= 0.3 is 5.97 Å². The summed E-state index contributed by atoms with van der Waals surface area (Å²) >= 11 is 0. The van der Waals surface area contributed by atoms with Gasteiger partial charge in [0.05, 0.1) is 5.92 Å². The summed E-state index contributed by atoms with van der Waals surface area (Å²) in [4.78, 5) is 22.7. The van der Waals surface area contributed by atoms with E-state index in [1.807, 2.05) is 0 Å². The molecule has 0 aliphatic heterocycles. The number of carbonyl (C=O) groups is 2. The minimum Gasteiger partial charge on any atom is -0.481 e. The van der Waals surface area contributed by atoms with E-state index < -0.39 is 5.97 Å². The topological polar surface area (TPSA) is 92.4 Å². The molecular formula is C13H22N2O3. The van der Waals surface area contributed by atoms with Gasteiger partial charge in [0.1, 0.15) is 0 Å². The number of carboxylic acids is 1. The van der Waals surface area contributed by atoms with Gasteiger partial charge in [-0.25, -0.2) is 0 Å². The Balaban J connectivity index is 1.76. The highest BCUT2D eigenvalue weighted by Gasteiger charge is 2.34. The fraction of sp³-hybridized carbons (Fsp3) is 0.846. The second-order valence-electron chi connectivity index (χ2n) is 5.86. The summed E-state index contributed by atoms with van der Waals surface area (Å²) in [7, 11) is 0. The molecule has 4 N–H and O–H groups in total. The Hall–Kier alpha value is -1.10. The molecule has 2 rings (SSSR count). The van der Waals surface area contributed by atoms with Crippen LogP contribution in [0.5, 0.6) is 0 Å². The van der Waals surface area contributed by atoms with E-state index in [1.165, 1.54) is 0 Å². The van der Waals surface area contributed by atoms with Crippen LogP contribution >= 0.6 is 0 Å². The van der Waals surface area contributed by atoms with Crippen LogP contribution < -0.4 is 11.1 Å². The first-order chi connectivity index (χ1) is 8.48. The molecule has 2 aliphatic rings. The lowest BCUT2D eigenvalue weighted by Crippen LogP contribution is -2.44. The first-order valence-corrected chi connectivity index (χ1v) is 6.80. The van der Waals surface area contributed by atoms with Crippen LogP contribution in [0.4, 0.5) is 0 Å². The van der Waals surface area contributed by atoms with Gasteiger partial charge in [-0.05, 0) is 32.1 Å². The Morgan fingerprint density at radius 3 is 2.50 bits per heavy atom. The van der Waals surface area contributed by atoms with Gasteiger partial charge in [-0.2, -0.15) is 0 Å². The van der Waals surface area contributed by atoms with Crippen LogP contribution in [0.25, 0.3) is 0 Å². The lowest BCUT2D eigenvalue weighted by atomic mass is 9.94. The molecule has 0 aromatic heterocycles. The van der Waals surface area contributed by atoms with Crippen LogP contribution in [0.2, 0.25) is 0 Å². The van der Waals surface area contributed by atoms with E-state index in [4.69, 9.17) is 10.8 Å². The molecule has 2 unspecified atom stereocenters. The normalized spacial score (nSPS) is 30.3. The Labute approximate surface area is 107 Å². The third kappa shape index (κ3) is 3.22. The van der Waals surface area contributed by atoms with Crippen molar-refractivity contribution in [1.29, 1.82) is 0 Å². The van der Waals surface area contributed by atoms with Gasteiger partial charge in [0.25, 0.3) is 0 Å². The third-order valence-corrected chi connectivity index (χ3v) is 4.26. The van der Waals surface area contributed by atoms with Crippen molar-refractivity contribution in [3.63, 3.8) is 0 Å². The van der Waals surface area contributed by atoms with Crippen molar-refractivity contribution in [2.24, 2.45) is 11.7 Å². The van der Waals surface area contributed by atoms with Crippen LogP contribution in [-0.2, 0) is 9.59 Å². The van der Waals surface area contributed by atoms with Crippen molar-refractivity contribution < 1.29 is 14.7 Å². The highest BCUT2D eigenvalue weighted by molar-refractivity contribution is 5.78. The average Bonchev–Trinajstić information content (AvgIpc) is 2.87. The highest BCUT2D eigenvalue weighted by atomic mass is 16.4. The maximum absolute atomic E-state index is 11.9. The molecule has 102 valence electrons. The van der Waals surface area contributed by atoms with Gasteiger partial charge in [0.2, 0.25) is 5.91 Å². The number of aliphatic carboxylic acids is 1. The number of hydrogen-bond donors (Lipinski definition) is 3. The molecule has 0 radical (unpaired) electrons. The SMILES string of the molecule is NC1(CC(=O)NC2CCC(C(=O)O)C2)CCCC1. The number of amides is 1. The van der Waals surface area contributed by atoms with E-state index in [2.05, 4.69) is 5.32 Å². The minimum absolute atomic E-state index is 0.0172. The summed E-state index contributed by atoms with van der Waals surface area (Å²) in [6, 6.07) is 0.0172. The number of carboxylic acid groups (broad SMARTS) is 1. The smallest absolute Gasteiger partial charge is 0.306 e. The number of nitrogens with two attached hydrogens (primary N) is 1. The van der Waals surface area contributed by atoms with E-state index in [-0.39, 0.29) is 23.4 Å². The van der Waals surface area contributed by atoms with Crippen LogP contribution in [0, 0.1) is 5.92 Å². The van der Waals surface area contributed by atoms with Crippen molar-refractivity contribution in [2.75, 3.05) is 0 Å². The number of nitrogens with one attached hydrogen (secondary N) is 1. The second kappa shape index (κ2) is 5.26. The molecule has 2 aliphatic carbocycles. The van der Waals surface area contributed by atoms with Crippen molar-refractivity contribution in [3.8, 4) is 0 Å². The maximum atomic E-state index is 11.9. The molecule has 0 bridgehead atoms. The molecule has 0 saturated heterocycles. The minimum atomic E-state index is -0.752. The van der Waals surface area contributed by atoms with Crippen molar-refractivity contribution >= 4 is 11.9 Å². The van der Waals surface area contributed by atoms with Crippen LogP contribution in [0.3, 0.4) is 0 Å². The summed E-state index contributed by atoms with van der Waals surface area (Å²) in [5, 5.41) is 11.8. The van der Waals surface area contributed by atoms with Gasteiger partial charge in [0.15, 0.2) is 0 Å². The van der Waals surface area contributed by atoms with Crippen molar-refractivity contribution in [3.05, 3.63) is 0 Å². The van der Waals surface area contributed by atoms with E-state index in [1.54, 1.807) is 0 Å². The number of carbonyl (C=O) groups excluding carboxylic acids is 1. The maximum Gasteiger partial charge on any atom is 0.306 e. The van der Waals surface area contributed by atoms with Crippen LogP contribution in [-0.4, -0.2) is 28.6 Å². The second-order valence-corrected chi connectivity index (χ2v) is 5.86. The van der Waals surface area contributed by atoms with E-state index in [0.717, 1.165) is 32.1 Å². The van der Waals surface area contributed by atoms with Crippen LogP contribution in [0.15, 0.2) is 0 Å². The first kappa shape index (κ1) is 13.3. The van der Waals surface area contributed by atoms with Gasteiger partial charge in [0, 0.05) is 18.0 Å². The third-order valence-electron chi connectivity index (χ3n) is 4.26. The van der Waals surface area contributed by atoms with Gasteiger partial charge < -0.3 is 16.2 Å². The summed E-state index contributed by atoms with van der Waals surface area (Å²) in [6.07, 6.45) is 6.41. The van der Waals surface area contributed by atoms with E-state index in [0.29, 0.717) is 19.3 Å². The predicted molar refractivity (Wildman–Crippen MR) is 66.9 cm³/mol. The fourth-order valence-corrected chi connectivity index (χ4v) is 3.19. The lowest BCUT2D eigenvalue weighted by Gasteiger charge is -2.23. The first-order valence-electron chi connectivity index (χ1n) is 6.80. The quantitative estimate of drug-likeness (QED) is 0.698. The van der Waals surface area contributed by atoms with Gasteiger partial charge in [-0.3, -0.25) is 9.59 Å². The van der Waals surface area contributed by atoms with E-state index >= 15 is 0 Å². The Kier molecular flexibility index (Phi) is 3.90. The highest BCUT2D eigenvalue weighted by Crippen LogP contribution is 2.30. The summed E-state index contributed by atoms with van der Waals surface area (Å²) in [5.74, 6) is -1.07. The standard InChI is InChI=1S/C13H22N2O3/c14-13(5-1-2-6-13)8-11(16)15-10-4-3-9(7-10)12(17)18/h9-10H,1-8,14H2,(H,15,16)(H,17,18). The average molecular weight is 254 g/mol. The number of rotatable bonds is 4. The van der Waals surface area contributed by atoms with Crippen LogP contribution in [0.1, 0.15) is 51.4 Å². The zero-order valence-electron chi connectivity index (χ0n) is 10.7. The molecule has 5 nitrogen and oxygen atoms in total. The Morgan fingerprint density at radius 1 is 1.28 bits per heavy atom. The molecule has 2 saturated carbocycles. The molecule has 0 heterocycles. The fourth-order valence-electron chi connectivity index (χ4n) is 3.19.